The van der Waals surface area contributed by atoms with E-state index in [1.807, 2.05) is 12.4 Å². The Balaban J connectivity index is 2.34. The topological polar surface area (TPSA) is 64.2 Å². The number of aliphatic imine (C=N–C) groups is 1. The van der Waals surface area contributed by atoms with Gasteiger partial charge in [-0.3, -0.25) is 4.99 Å². The van der Waals surface area contributed by atoms with Gasteiger partial charge < -0.3 is 5.73 Å². The van der Waals surface area contributed by atoms with Crippen LogP contribution in [0.1, 0.15) is 18.9 Å². The first-order valence-electron chi connectivity index (χ1n) is 4.57. The zero-order chi connectivity index (χ0) is 9.97. The van der Waals surface area contributed by atoms with E-state index in [-0.39, 0.29) is 0 Å². The Morgan fingerprint density at radius 3 is 2.71 bits per heavy atom. The van der Waals surface area contributed by atoms with Gasteiger partial charge in [0.25, 0.3) is 0 Å². The highest BCUT2D eigenvalue weighted by Crippen LogP contribution is 2.26. The van der Waals surface area contributed by atoms with Gasteiger partial charge in [-0.1, -0.05) is 6.92 Å². The first-order chi connectivity index (χ1) is 6.77. The fraction of sp³-hybridized carbons (Fsp3) is 0.300. The molecule has 1 aromatic heterocycles. The molecule has 0 saturated heterocycles. The summed E-state index contributed by atoms with van der Waals surface area (Å²) in [5, 5.41) is 0. The molecule has 1 aliphatic rings. The number of hydrogen-bond acceptors (Lipinski definition) is 4. The zero-order valence-corrected chi connectivity index (χ0v) is 8.01. The highest BCUT2D eigenvalue weighted by atomic mass is 15.0. The van der Waals surface area contributed by atoms with E-state index in [1.54, 1.807) is 12.4 Å². The highest BCUT2D eigenvalue weighted by molar-refractivity contribution is 5.74. The van der Waals surface area contributed by atoms with Crippen molar-refractivity contribution >= 4 is 17.7 Å². The molecular weight excluding hydrogens is 176 g/mol. The molecule has 0 amide bonds. The molecule has 1 aliphatic heterocycles. The third kappa shape index (κ3) is 1.64. The number of aromatic nitrogens is 2. The third-order valence-corrected chi connectivity index (χ3v) is 2.31. The normalized spacial score (nSPS) is 20.6. The summed E-state index contributed by atoms with van der Waals surface area (Å²) in [4.78, 5) is 12.1. The summed E-state index contributed by atoms with van der Waals surface area (Å²) in [6, 6.07) is 0. The Kier molecular flexibility index (Phi) is 2.26. The second-order valence-electron chi connectivity index (χ2n) is 3.38. The lowest BCUT2D eigenvalue weighted by molar-refractivity contribution is 0.786. The molecule has 14 heavy (non-hydrogen) atoms. The summed E-state index contributed by atoms with van der Waals surface area (Å²) < 4.78 is 0. The van der Waals surface area contributed by atoms with E-state index in [0.29, 0.717) is 11.9 Å². The molecule has 0 aliphatic carbocycles. The van der Waals surface area contributed by atoms with Gasteiger partial charge in [-0.15, -0.1) is 0 Å². The minimum absolute atomic E-state index is 0.307. The van der Waals surface area contributed by atoms with Gasteiger partial charge in [0.1, 0.15) is 0 Å². The van der Waals surface area contributed by atoms with Crippen LogP contribution in [0.2, 0.25) is 0 Å². The first-order valence-corrected chi connectivity index (χ1v) is 4.57. The lowest BCUT2D eigenvalue weighted by atomic mass is 9.93. The molecule has 0 radical (unpaired) electrons. The summed E-state index contributed by atoms with van der Waals surface area (Å²) in [6.45, 7) is 2.16. The van der Waals surface area contributed by atoms with E-state index in [2.05, 4.69) is 21.9 Å². The van der Waals surface area contributed by atoms with Crippen LogP contribution in [-0.4, -0.2) is 16.2 Å². The van der Waals surface area contributed by atoms with Crippen LogP contribution in [-0.2, 0) is 0 Å². The number of allylic oxidation sites excluding steroid dienone is 1. The van der Waals surface area contributed by atoms with Crippen molar-refractivity contribution < 1.29 is 0 Å². The lowest BCUT2D eigenvalue weighted by Crippen LogP contribution is -2.04. The number of nitrogen functional groups attached to an aromatic ring is 1. The highest BCUT2D eigenvalue weighted by Gasteiger charge is 2.13. The SMILES string of the molecule is CC1CC=NC=C1c1cnc(N)nc1. The molecule has 4 heteroatoms. The van der Waals surface area contributed by atoms with Crippen LogP contribution in [0.5, 0.6) is 0 Å². The minimum atomic E-state index is 0.307. The molecule has 0 spiro atoms. The van der Waals surface area contributed by atoms with Crippen LogP contribution in [0, 0.1) is 5.92 Å². The smallest absolute Gasteiger partial charge is 0.219 e. The van der Waals surface area contributed by atoms with Gasteiger partial charge in [-0.05, 0) is 17.9 Å². The van der Waals surface area contributed by atoms with Crippen LogP contribution in [0.4, 0.5) is 5.95 Å². The van der Waals surface area contributed by atoms with E-state index in [0.717, 1.165) is 12.0 Å². The minimum Gasteiger partial charge on any atom is -0.368 e. The van der Waals surface area contributed by atoms with Gasteiger partial charge in [0, 0.05) is 30.4 Å². The van der Waals surface area contributed by atoms with Gasteiger partial charge in [0.2, 0.25) is 5.95 Å². The van der Waals surface area contributed by atoms with Gasteiger partial charge in [0.15, 0.2) is 0 Å². The van der Waals surface area contributed by atoms with E-state index in [9.17, 15) is 0 Å². The molecule has 1 unspecified atom stereocenters. The van der Waals surface area contributed by atoms with Crippen molar-refractivity contribution in [3.8, 4) is 0 Å². The fourth-order valence-electron chi connectivity index (χ4n) is 1.45. The Morgan fingerprint density at radius 1 is 1.36 bits per heavy atom. The molecule has 2 rings (SSSR count). The molecule has 0 fully saturated rings. The Morgan fingerprint density at radius 2 is 2.07 bits per heavy atom. The quantitative estimate of drug-likeness (QED) is 0.726. The summed E-state index contributed by atoms with van der Waals surface area (Å²) >= 11 is 0. The number of hydrogen-bond donors (Lipinski definition) is 1. The molecule has 0 saturated carbocycles. The van der Waals surface area contributed by atoms with Crippen LogP contribution in [0.3, 0.4) is 0 Å². The van der Waals surface area contributed by atoms with E-state index < -0.39 is 0 Å². The molecule has 0 bridgehead atoms. The van der Waals surface area contributed by atoms with Crippen LogP contribution in [0.25, 0.3) is 5.57 Å². The van der Waals surface area contributed by atoms with Crippen molar-refractivity contribution in [2.45, 2.75) is 13.3 Å². The van der Waals surface area contributed by atoms with Gasteiger partial charge in [0.05, 0.1) is 0 Å². The van der Waals surface area contributed by atoms with Crippen LogP contribution < -0.4 is 5.73 Å². The summed E-state index contributed by atoms with van der Waals surface area (Å²) in [7, 11) is 0. The average molecular weight is 188 g/mol. The molecule has 1 aromatic rings. The Bertz CT molecular complexity index is 378. The van der Waals surface area contributed by atoms with Crippen molar-refractivity contribution in [3.05, 3.63) is 24.2 Å². The predicted molar refractivity (Wildman–Crippen MR) is 56.7 cm³/mol. The number of anilines is 1. The first kappa shape index (κ1) is 8.87. The third-order valence-electron chi connectivity index (χ3n) is 2.31. The van der Waals surface area contributed by atoms with Crippen LogP contribution >= 0.6 is 0 Å². The Hall–Kier alpha value is -1.71. The monoisotopic (exact) mass is 188 g/mol. The number of rotatable bonds is 1. The maximum absolute atomic E-state index is 5.42. The summed E-state index contributed by atoms with van der Waals surface area (Å²) in [5.41, 5.74) is 7.60. The van der Waals surface area contributed by atoms with Crippen molar-refractivity contribution in [1.29, 1.82) is 0 Å². The van der Waals surface area contributed by atoms with E-state index in [1.165, 1.54) is 5.57 Å². The van der Waals surface area contributed by atoms with Crippen LogP contribution in [0.15, 0.2) is 23.6 Å². The Labute approximate surface area is 82.6 Å². The van der Waals surface area contributed by atoms with E-state index >= 15 is 0 Å². The maximum Gasteiger partial charge on any atom is 0.219 e. The molecule has 1 atom stereocenters. The van der Waals surface area contributed by atoms with Gasteiger partial charge >= 0.3 is 0 Å². The standard InChI is InChI=1S/C10H12N4/c1-7-2-3-12-6-9(7)8-4-13-10(11)14-5-8/h3-7H,2H2,1H3,(H2,11,13,14). The lowest BCUT2D eigenvalue weighted by Gasteiger charge is -2.15. The summed E-state index contributed by atoms with van der Waals surface area (Å²) in [6.07, 6.45) is 8.24. The zero-order valence-electron chi connectivity index (χ0n) is 8.01. The van der Waals surface area contributed by atoms with Crippen molar-refractivity contribution in [2.24, 2.45) is 10.9 Å². The second kappa shape index (κ2) is 3.57. The molecule has 72 valence electrons. The molecular formula is C10H12N4. The fourth-order valence-corrected chi connectivity index (χ4v) is 1.45. The number of nitrogens with zero attached hydrogens (tertiary/aromatic N) is 3. The number of nitrogens with two attached hydrogens (primary N) is 1. The second-order valence-corrected chi connectivity index (χ2v) is 3.38. The largest absolute Gasteiger partial charge is 0.368 e. The average Bonchev–Trinajstić information content (AvgIpc) is 2.20. The van der Waals surface area contributed by atoms with Gasteiger partial charge in [-0.2, -0.15) is 0 Å². The van der Waals surface area contributed by atoms with Crippen molar-refractivity contribution in [2.75, 3.05) is 5.73 Å². The van der Waals surface area contributed by atoms with E-state index in [4.69, 9.17) is 5.73 Å². The van der Waals surface area contributed by atoms with Crippen molar-refractivity contribution in [1.82, 2.24) is 9.97 Å². The van der Waals surface area contributed by atoms with Gasteiger partial charge in [-0.25, -0.2) is 9.97 Å². The molecule has 2 heterocycles. The maximum atomic E-state index is 5.42. The van der Waals surface area contributed by atoms with Crippen molar-refractivity contribution in [3.63, 3.8) is 0 Å². The predicted octanol–water partition coefficient (Wildman–Crippen LogP) is 1.51. The molecule has 2 N–H and O–H groups in total. The molecule has 4 nitrogen and oxygen atoms in total. The molecule has 0 aromatic carbocycles. The summed E-state index contributed by atoms with van der Waals surface area (Å²) in [5.74, 6) is 0.779.